The van der Waals surface area contributed by atoms with Crippen LogP contribution in [0.4, 0.5) is 4.79 Å². The summed E-state index contributed by atoms with van der Waals surface area (Å²) < 4.78 is 123. The zero-order valence-electron chi connectivity index (χ0n) is 77.7. The van der Waals surface area contributed by atoms with Crippen LogP contribution < -0.4 is 10.6 Å². The predicted octanol–water partition coefficient (Wildman–Crippen LogP) is 11.5. The van der Waals surface area contributed by atoms with E-state index in [0.29, 0.717) is 219 Å². The van der Waals surface area contributed by atoms with Gasteiger partial charge in [-0.3, -0.25) is 33.6 Å². The topological polar surface area (TPSA) is 381 Å². The summed E-state index contributed by atoms with van der Waals surface area (Å²) in [4.78, 5) is 114. The van der Waals surface area contributed by atoms with Crippen LogP contribution >= 0.6 is 57.3 Å². The molecule has 9 atom stereocenters. The van der Waals surface area contributed by atoms with Crippen LogP contribution in [0.2, 0.25) is 0 Å². The van der Waals surface area contributed by atoms with Crippen LogP contribution in [0.15, 0.2) is 29.4 Å². The van der Waals surface area contributed by atoms with E-state index in [4.69, 9.17) is 123 Å². The van der Waals surface area contributed by atoms with Gasteiger partial charge in [0.25, 0.3) is 0 Å². The van der Waals surface area contributed by atoms with Crippen molar-refractivity contribution in [1.82, 2.24) is 15.6 Å². The summed E-state index contributed by atoms with van der Waals surface area (Å²) in [5.74, 6) is -1.82. The van der Waals surface area contributed by atoms with Crippen molar-refractivity contribution in [2.24, 2.45) is 16.7 Å². The number of ether oxygens (including phenoxy) is 22. The third kappa shape index (κ3) is 60.3. The second-order valence-corrected chi connectivity index (χ2v) is 38.2. The fourth-order valence-corrected chi connectivity index (χ4v) is 18.0. The van der Waals surface area contributed by atoms with E-state index in [-0.39, 0.29) is 114 Å². The Hall–Kier alpha value is -4.59. The number of carbonyl (C=O) groups is 8. The van der Waals surface area contributed by atoms with Crippen LogP contribution in [0, 0.1) is 23.3 Å². The number of esters is 4. The second kappa shape index (κ2) is 73.8. The molecule has 1 aliphatic heterocycles. The average molecular weight is 1900 g/mol. The number of ketones is 2. The number of aromatic nitrogens is 1. The number of methoxy groups -OCH3 is 1. The van der Waals surface area contributed by atoms with E-state index in [1.54, 1.807) is 54.7 Å². The first kappa shape index (κ1) is 118. The first-order valence-electron chi connectivity index (χ1n) is 44.2. The van der Waals surface area contributed by atoms with Crippen LogP contribution in [-0.4, -0.2) is 340 Å². The molecule has 0 saturated carbocycles. The molecular formula is C88H150N4O30S5. The van der Waals surface area contributed by atoms with E-state index in [1.807, 2.05) is 39.0 Å². The number of hydrogen-bond donors (Lipinski definition) is 2. The van der Waals surface area contributed by atoms with Gasteiger partial charge in [0.2, 0.25) is 11.4 Å². The third-order valence-electron chi connectivity index (χ3n) is 19.1. The Balaban J connectivity index is 1.54. The number of thioether (sulfide) groups is 2. The highest BCUT2D eigenvalue weighted by molar-refractivity contribution is 8.76. The maximum atomic E-state index is 14.9. The number of unbranched alkanes of at least 4 members (excludes halogenated alkanes) is 3. The van der Waals surface area contributed by atoms with Gasteiger partial charge in [-0.05, 0) is 109 Å². The number of carbonyl (C=O) groups excluding carboxylic acids is 8. The lowest BCUT2D eigenvalue weighted by Crippen LogP contribution is -2.62. The minimum Gasteiger partial charge on any atom is -0.464 e. The van der Waals surface area contributed by atoms with Gasteiger partial charge in [-0.1, -0.05) is 74.5 Å². The molecule has 1 aromatic rings. The number of Topliss-reactive ketones (excluding diaryl/α,β-unsaturated/α-hetero) is 2. The minimum atomic E-state index is -1.65. The summed E-state index contributed by atoms with van der Waals surface area (Å²) >= 11 is 8.17. The molecule has 2 rings (SSSR count). The van der Waals surface area contributed by atoms with Crippen molar-refractivity contribution in [3.05, 3.63) is 35.8 Å². The van der Waals surface area contributed by atoms with Crippen molar-refractivity contribution in [3.63, 3.8) is 0 Å². The van der Waals surface area contributed by atoms with Crippen molar-refractivity contribution in [2.75, 3.05) is 243 Å². The van der Waals surface area contributed by atoms with Crippen LogP contribution in [-0.2, 0) is 138 Å². The molecule has 4 unspecified atom stereocenters. The van der Waals surface area contributed by atoms with E-state index in [1.165, 1.54) is 54.3 Å². The highest BCUT2D eigenvalue weighted by Crippen LogP contribution is 2.50. The quantitative estimate of drug-likeness (QED) is 0.0153. The van der Waals surface area contributed by atoms with Crippen molar-refractivity contribution in [2.45, 2.75) is 218 Å². The predicted molar refractivity (Wildman–Crippen MR) is 488 cm³/mol. The summed E-state index contributed by atoms with van der Waals surface area (Å²) in [5.41, 5.74) is -5.23. The van der Waals surface area contributed by atoms with Gasteiger partial charge in [-0.15, -0.1) is 11.8 Å². The molecule has 0 bridgehead atoms. The van der Waals surface area contributed by atoms with E-state index >= 15 is 0 Å². The number of nitrogens with zero attached hydrogens (tertiary/aromatic N) is 2. The molecule has 1 fully saturated rings. The maximum Gasteiger partial charge on any atom is 0.407 e. The molecule has 0 spiro atoms. The Labute approximate surface area is 776 Å². The number of rotatable bonds is 82. The molecular weight excluding hydrogens is 1750 g/mol. The highest BCUT2D eigenvalue weighted by atomic mass is 33.1. The molecule has 1 aromatic heterocycles. The molecule has 39 heteroatoms. The van der Waals surface area contributed by atoms with E-state index < -0.39 is 75.1 Å². The van der Waals surface area contributed by atoms with Gasteiger partial charge in [-0.25, -0.2) is 16.4 Å². The van der Waals surface area contributed by atoms with Crippen LogP contribution in [0.25, 0.3) is 4.85 Å². The van der Waals surface area contributed by atoms with Crippen LogP contribution in [0.5, 0.6) is 0 Å². The summed E-state index contributed by atoms with van der Waals surface area (Å²) in [7, 11) is 4.34. The number of nitrogens with one attached hydrogen (secondary N) is 2. The van der Waals surface area contributed by atoms with E-state index in [0.717, 1.165) is 42.5 Å². The monoisotopic (exact) mass is 1900 g/mol. The lowest BCUT2D eigenvalue weighted by atomic mass is 9.64. The molecule has 2 amide bonds. The maximum absolute atomic E-state index is 14.9. The molecule has 1 saturated heterocycles. The largest absolute Gasteiger partial charge is 0.464 e. The lowest BCUT2D eigenvalue weighted by Gasteiger charge is -2.44. The minimum absolute atomic E-state index is 0.0143. The van der Waals surface area contributed by atoms with Gasteiger partial charge >= 0.3 is 30.0 Å². The number of pyridine rings is 1. The first-order valence-corrected chi connectivity index (χ1v) is 48.8. The fourth-order valence-electron chi connectivity index (χ4n) is 13.1. The number of amides is 2. The van der Waals surface area contributed by atoms with Gasteiger partial charge in [0.05, 0.1) is 202 Å². The summed E-state index contributed by atoms with van der Waals surface area (Å²) in [6, 6.07) is 4.94. The average Bonchev–Trinajstić information content (AvgIpc) is 0.770. The van der Waals surface area contributed by atoms with Crippen molar-refractivity contribution in [3.8, 4) is 0 Å². The first-order chi connectivity index (χ1) is 61.0. The molecule has 0 aliphatic carbocycles. The van der Waals surface area contributed by atoms with Crippen molar-refractivity contribution >= 4 is 108 Å². The SMILES string of the molecule is [C-]#[N+]C(C)(CCC(=O)CCCOCCOCCOCCOCCOCCOCCOCCOCCOCCOCCOCCOCCOCCC(=O)CCCCCCO[C@@H]1O[C@H](CC)[C@H](C)[C@H](OC(C)=O)[C@H]1NC(C)=O)CC(C)(CC(C)(CC(C)(SC(=S)SCC)C(=O)OCCOC)C(=O)OCCOCCNC(=O)OC(C)(C)C)C(=O)OCCSSc1ccccn1. The van der Waals surface area contributed by atoms with Crippen molar-refractivity contribution in [1.29, 1.82) is 0 Å². The Kier molecular flexibility index (Phi) is 68.9. The number of hydrogen-bond acceptors (Lipinski definition) is 36. The Morgan fingerprint density at radius 3 is 1.47 bits per heavy atom. The molecule has 127 heavy (non-hydrogen) atoms. The van der Waals surface area contributed by atoms with E-state index in [9.17, 15) is 38.4 Å². The molecule has 2 N–H and O–H groups in total. The summed E-state index contributed by atoms with van der Waals surface area (Å²) in [5, 5.41) is 6.25. The summed E-state index contributed by atoms with van der Waals surface area (Å²) in [6.07, 6.45) is 4.63. The zero-order valence-corrected chi connectivity index (χ0v) is 81.8. The fraction of sp³-hybridized carbons (Fsp3) is 0.830. The molecule has 732 valence electrons. The van der Waals surface area contributed by atoms with Gasteiger partial charge in [-0.2, -0.15) is 0 Å². The van der Waals surface area contributed by atoms with Crippen molar-refractivity contribution < 1.29 is 143 Å². The van der Waals surface area contributed by atoms with E-state index in [2.05, 4.69) is 20.5 Å². The van der Waals surface area contributed by atoms with Crippen LogP contribution in [0.1, 0.15) is 173 Å². The standard InChI is InChI=1S/C88H150N4O30S5/c1-15-74-69(3)77(120-71(5)94)76(92-70(4)93)78(121-74)116-33-22-18-17-19-24-73(96)28-34-103-38-40-106-42-44-108-46-48-110-50-52-112-54-56-114-58-60-115-59-57-113-55-53-111-51-49-109-47-45-107-43-41-105-39-37-102-32-23-25-72(95)27-29-87(11,89-13)67-85(9,79(97)119-64-65-125-127-75-26-20-21-30-90-75)66-86(10,68-88(12,126-83(123)124-16-2)81(99)118-62-36-101-14)80(98)117-63-61-104-35-31-91-82(100)122-84(6,7)8/h20-21,26,30,69,74,76-78H,15-19,22-25,27-29,31-68H2,1-12,14H3,(H,91,100)(H,92,93)/t69-,74+,76+,77-,78+,85?,86?,87?,88?/m0/s1. The number of thiocarbonyl (C=S) groups is 1. The summed E-state index contributed by atoms with van der Waals surface area (Å²) in [6.45, 7) is 39.9. The third-order valence-corrected chi connectivity index (χ3v) is 23.9. The molecule has 34 nitrogen and oxygen atoms in total. The Morgan fingerprint density at radius 1 is 0.528 bits per heavy atom. The molecule has 0 radical (unpaired) electrons. The molecule has 0 aromatic carbocycles. The lowest BCUT2D eigenvalue weighted by molar-refractivity contribution is -0.253. The zero-order chi connectivity index (χ0) is 93.6. The number of alkyl carbamates (subject to hydrolysis) is 1. The van der Waals surface area contributed by atoms with Crippen LogP contribution in [0.3, 0.4) is 0 Å². The Bertz CT molecular complexity index is 3160. The van der Waals surface area contributed by atoms with Gasteiger partial charge < -0.3 is 120 Å². The van der Waals surface area contributed by atoms with Gasteiger partial charge in [0.1, 0.15) is 62.4 Å². The second-order valence-electron chi connectivity index (χ2n) is 31.8. The Morgan fingerprint density at radius 2 is 0.992 bits per heavy atom. The van der Waals surface area contributed by atoms with Gasteiger partial charge in [0.15, 0.2) is 6.29 Å². The van der Waals surface area contributed by atoms with Gasteiger partial charge in [0, 0.05) is 104 Å². The smallest absolute Gasteiger partial charge is 0.407 e. The highest BCUT2D eigenvalue weighted by Gasteiger charge is 2.56. The molecule has 1 aliphatic rings. The molecule has 2 heterocycles. The normalized spacial score (nSPS) is 17.1.